The lowest BCUT2D eigenvalue weighted by Gasteiger charge is -2.48. The first-order valence-corrected chi connectivity index (χ1v) is 11.6. The van der Waals surface area contributed by atoms with Crippen molar-refractivity contribution in [2.45, 2.75) is 49.5 Å². The molecule has 0 unspecified atom stereocenters. The second-order valence-electron chi connectivity index (χ2n) is 8.67. The zero-order chi connectivity index (χ0) is 23.6. The molecule has 2 aromatic rings. The number of nitrogens with one attached hydrogen (secondary N) is 2. The number of alkyl halides is 3. The van der Waals surface area contributed by atoms with Crippen molar-refractivity contribution < 1.29 is 23.1 Å². The summed E-state index contributed by atoms with van der Waals surface area (Å²) in [4.78, 5) is 14.6. The van der Waals surface area contributed by atoms with E-state index < -0.39 is 23.2 Å². The number of rotatable bonds is 7. The van der Waals surface area contributed by atoms with E-state index in [4.69, 9.17) is 0 Å². The van der Waals surface area contributed by atoms with Crippen LogP contribution in [0.4, 0.5) is 13.2 Å². The maximum absolute atomic E-state index is 12.8. The Labute approximate surface area is 193 Å². The lowest BCUT2D eigenvalue weighted by molar-refractivity contribution is -0.137. The normalized spacial score (nSPS) is 24.2. The summed E-state index contributed by atoms with van der Waals surface area (Å²) in [5.74, 6) is -0.579. The molecular weight excluding hydrogens is 455 g/mol. The Morgan fingerprint density at radius 2 is 2.03 bits per heavy atom. The largest absolute Gasteiger partial charge is 0.416 e. The molecular formula is C22H26F3N5O2S. The van der Waals surface area contributed by atoms with Crippen LogP contribution in [-0.2, 0) is 11.8 Å². The number of carbonyl (C=O) groups is 1. The van der Waals surface area contributed by atoms with Crippen LogP contribution in [0.25, 0.3) is 0 Å². The van der Waals surface area contributed by atoms with Crippen molar-refractivity contribution in [1.29, 1.82) is 0 Å². The lowest BCUT2D eigenvalue weighted by Crippen LogP contribution is -2.62. The Hall–Kier alpha value is -2.50. The number of aliphatic hydroxyl groups is 1. The van der Waals surface area contributed by atoms with Crippen LogP contribution in [0, 0.1) is 0 Å². The zero-order valence-electron chi connectivity index (χ0n) is 17.9. The summed E-state index contributed by atoms with van der Waals surface area (Å²) in [6.45, 7) is 5.72. The Morgan fingerprint density at radius 3 is 2.67 bits per heavy atom. The van der Waals surface area contributed by atoms with Crippen LogP contribution >= 0.6 is 11.3 Å². The van der Waals surface area contributed by atoms with Crippen LogP contribution in [0.15, 0.2) is 42.1 Å². The van der Waals surface area contributed by atoms with Crippen LogP contribution in [0.3, 0.4) is 0 Å². The van der Waals surface area contributed by atoms with E-state index in [1.807, 2.05) is 0 Å². The number of amides is 1. The minimum atomic E-state index is -4.49. The van der Waals surface area contributed by atoms with E-state index in [-0.39, 0.29) is 18.2 Å². The van der Waals surface area contributed by atoms with Crippen LogP contribution in [0.1, 0.15) is 46.6 Å². The predicted molar refractivity (Wildman–Crippen MR) is 117 cm³/mol. The molecule has 1 saturated heterocycles. The van der Waals surface area contributed by atoms with Gasteiger partial charge in [-0.15, -0.1) is 21.5 Å². The molecule has 1 aliphatic heterocycles. The molecule has 4 rings (SSSR count). The molecule has 3 N–H and O–H groups in total. The highest BCUT2D eigenvalue weighted by molar-refractivity contribution is 7.09. The molecule has 0 bridgehead atoms. The van der Waals surface area contributed by atoms with Crippen LogP contribution in [-0.4, -0.2) is 57.8 Å². The van der Waals surface area contributed by atoms with Gasteiger partial charge in [-0.05, 0) is 43.9 Å². The molecule has 1 aliphatic carbocycles. The van der Waals surface area contributed by atoms with Crippen molar-refractivity contribution in [2.24, 2.45) is 0 Å². The maximum atomic E-state index is 12.8. The fraction of sp³-hybridized carbons (Fsp3) is 0.500. The average molecular weight is 482 g/mol. The third-order valence-corrected chi connectivity index (χ3v) is 7.17. The van der Waals surface area contributed by atoms with Crippen molar-refractivity contribution in [3.63, 3.8) is 0 Å². The van der Waals surface area contributed by atoms with Crippen LogP contribution in [0.5, 0.6) is 0 Å². The number of hydrogen-bond donors (Lipinski definition) is 3. The second kappa shape index (κ2) is 9.40. The molecule has 0 spiro atoms. The van der Waals surface area contributed by atoms with Crippen molar-refractivity contribution in [3.8, 4) is 0 Å². The van der Waals surface area contributed by atoms with Gasteiger partial charge in [-0.25, -0.2) is 0 Å². The molecule has 0 radical (unpaired) electrons. The minimum absolute atomic E-state index is 0.0433. The molecule has 0 atom stereocenters. The van der Waals surface area contributed by atoms with E-state index in [1.165, 1.54) is 23.5 Å². The molecule has 11 heteroatoms. The summed E-state index contributed by atoms with van der Waals surface area (Å²) in [5.41, 5.74) is 0.477. The van der Waals surface area contributed by atoms with Crippen molar-refractivity contribution in [2.75, 3.05) is 19.6 Å². The number of hydrogen-bond acceptors (Lipinski definition) is 7. The monoisotopic (exact) mass is 481 g/mol. The van der Waals surface area contributed by atoms with E-state index in [1.54, 1.807) is 5.51 Å². The quantitative estimate of drug-likeness (QED) is 0.564. The van der Waals surface area contributed by atoms with E-state index in [2.05, 4.69) is 32.3 Å². The van der Waals surface area contributed by atoms with Gasteiger partial charge < -0.3 is 15.7 Å². The molecule has 178 valence electrons. The SMILES string of the molecule is C=C(CNC(=O)c1cccc(C(F)(F)F)c1)NC1CN(C2CCC(O)(c3nncs3)CC2)C1. The predicted octanol–water partition coefficient (Wildman–Crippen LogP) is 2.90. The lowest BCUT2D eigenvalue weighted by atomic mass is 9.81. The van der Waals surface area contributed by atoms with Gasteiger partial charge in [0, 0.05) is 30.4 Å². The van der Waals surface area contributed by atoms with Gasteiger partial charge in [0.25, 0.3) is 5.91 Å². The van der Waals surface area contributed by atoms with Gasteiger partial charge in [0.1, 0.15) is 16.1 Å². The first kappa shape index (κ1) is 23.7. The Bertz CT molecular complexity index is 984. The molecule has 2 fully saturated rings. The molecule has 1 aromatic heterocycles. The summed E-state index contributed by atoms with van der Waals surface area (Å²) in [6.07, 6.45) is -1.40. The topological polar surface area (TPSA) is 90.4 Å². The maximum Gasteiger partial charge on any atom is 0.416 e. The molecule has 2 heterocycles. The number of benzene rings is 1. The first-order chi connectivity index (χ1) is 15.6. The summed E-state index contributed by atoms with van der Waals surface area (Å²) in [7, 11) is 0. The van der Waals surface area contributed by atoms with Crippen LogP contribution in [0.2, 0.25) is 0 Å². The fourth-order valence-corrected chi connectivity index (χ4v) is 5.11. The molecule has 7 nitrogen and oxygen atoms in total. The highest BCUT2D eigenvalue weighted by atomic mass is 32.1. The molecule has 33 heavy (non-hydrogen) atoms. The molecule has 1 aromatic carbocycles. The van der Waals surface area contributed by atoms with Crippen molar-refractivity contribution in [3.05, 3.63) is 58.2 Å². The highest BCUT2D eigenvalue weighted by Crippen LogP contribution is 2.39. The smallest absolute Gasteiger partial charge is 0.383 e. The number of carbonyl (C=O) groups excluding carboxylic acids is 1. The van der Waals surface area contributed by atoms with E-state index in [9.17, 15) is 23.1 Å². The van der Waals surface area contributed by atoms with E-state index in [0.29, 0.717) is 29.6 Å². The molecule has 1 amide bonds. The van der Waals surface area contributed by atoms with Gasteiger partial charge in [-0.2, -0.15) is 13.2 Å². The number of likely N-dealkylation sites (tertiary alicyclic amines) is 1. The Kier molecular flexibility index (Phi) is 6.73. The van der Waals surface area contributed by atoms with Crippen molar-refractivity contribution in [1.82, 2.24) is 25.7 Å². The second-order valence-corrected chi connectivity index (χ2v) is 9.50. The third kappa shape index (κ3) is 5.53. The summed E-state index contributed by atoms with van der Waals surface area (Å²) < 4.78 is 38.5. The van der Waals surface area contributed by atoms with Crippen molar-refractivity contribution >= 4 is 17.2 Å². The van der Waals surface area contributed by atoms with Crippen LogP contribution < -0.4 is 10.6 Å². The Balaban J connectivity index is 1.17. The van der Waals surface area contributed by atoms with E-state index in [0.717, 1.165) is 38.1 Å². The van der Waals surface area contributed by atoms with Gasteiger partial charge in [-0.3, -0.25) is 9.69 Å². The third-order valence-electron chi connectivity index (χ3n) is 6.29. The van der Waals surface area contributed by atoms with Gasteiger partial charge in [-0.1, -0.05) is 12.6 Å². The van der Waals surface area contributed by atoms with Gasteiger partial charge in [0.15, 0.2) is 0 Å². The Morgan fingerprint density at radius 1 is 1.30 bits per heavy atom. The van der Waals surface area contributed by atoms with E-state index >= 15 is 0 Å². The summed E-state index contributed by atoms with van der Waals surface area (Å²) in [6, 6.07) is 4.94. The number of aromatic nitrogens is 2. The van der Waals surface area contributed by atoms with Gasteiger partial charge in [0.2, 0.25) is 0 Å². The van der Waals surface area contributed by atoms with Gasteiger partial charge in [0.05, 0.1) is 18.2 Å². The standard InChI is InChI=1S/C22H26F3N5O2S/c1-14(10-26-19(31)15-3-2-4-16(9-15)22(23,24)25)28-17-11-30(12-17)18-5-7-21(32,8-6-18)20-29-27-13-33-20/h2-4,9,13,17-18,28,32H,1,5-8,10-12H2,(H,26,31). The molecule has 2 aliphatic rings. The summed E-state index contributed by atoms with van der Waals surface area (Å²) >= 11 is 1.39. The molecule has 1 saturated carbocycles. The number of halogens is 3. The first-order valence-electron chi connectivity index (χ1n) is 10.8. The van der Waals surface area contributed by atoms with Gasteiger partial charge >= 0.3 is 6.18 Å². The zero-order valence-corrected chi connectivity index (χ0v) is 18.8. The average Bonchev–Trinajstić information content (AvgIpc) is 3.31. The highest BCUT2D eigenvalue weighted by Gasteiger charge is 2.41. The number of nitrogens with zero attached hydrogens (tertiary/aromatic N) is 3. The summed E-state index contributed by atoms with van der Waals surface area (Å²) in [5, 5.41) is 25.2. The fourth-order valence-electron chi connectivity index (χ4n) is 4.40. The minimum Gasteiger partial charge on any atom is -0.383 e.